The third-order valence-electron chi connectivity index (χ3n) is 3.11. The average Bonchev–Trinajstić information content (AvgIpc) is 2.83. The minimum absolute atomic E-state index is 0.222. The van der Waals surface area contributed by atoms with E-state index >= 15 is 0 Å². The van der Waals surface area contributed by atoms with Crippen molar-refractivity contribution in [2.75, 3.05) is 11.9 Å². The lowest BCUT2D eigenvalue weighted by atomic mass is 9.97. The summed E-state index contributed by atoms with van der Waals surface area (Å²) in [7, 11) is 0. The van der Waals surface area contributed by atoms with Gasteiger partial charge in [-0.2, -0.15) is 0 Å². The zero-order chi connectivity index (χ0) is 13.2. The normalized spacial score (nSPS) is 17.8. The molecule has 0 aliphatic carbocycles. The van der Waals surface area contributed by atoms with Crippen LogP contribution < -0.4 is 5.32 Å². The molecule has 3 rings (SSSR count). The smallest absolute Gasteiger partial charge is 0.259 e. The second-order valence-electron chi connectivity index (χ2n) is 4.51. The number of carbonyl (C=O) groups is 1. The van der Waals surface area contributed by atoms with E-state index in [0.717, 1.165) is 17.5 Å². The number of anilines is 1. The van der Waals surface area contributed by atoms with Gasteiger partial charge in [0, 0.05) is 6.07 Å². The highest BCUT2D eigenvalue weighted by Gasteiger charge is 2.27. The summed E-state index contributed by atoms with van der Waals surface area (Å²) in [5, 5.41) is 6.45. The highest BCUT2D eigenvalue weighted by molar-refractivity contribution is 5.94. The third kappa shape index (κ3) is 2.37. The second-order valence-corrected chi connectivity index (χ2v) is 4.51. The number of hydrogen-bond acceptors (Lipinski definition) is 4. The topological polar surface area (TPSA) is 64.4 Å². The average molecular weight is 258 g/mol. The maximum absolute atomic E-state index is 12.2. The van der Waals surface area contributed by atoms with E-state index in [-0.39, 0.29) is 5.91 Å². The van der Waals surface area contributed by atoms with Crippen LogP contribution in [-0.4, -0.2) is 17.7 Å². The fraction of sp³-hybridized carbons (Fsp3) is 0.286. The Morgan fingerprint density at radius 2 is 2.26 bits per heavy atom. The van der Waals surface area contributed by atoms with Gasteiger partial charge in [-0.3, -0.25) is 4.79 Å². The summed E-state index contributed by atoms with van der Waals surface area (Å²) in [6.45, 7) is 2.32. The van der Waals surface area contributed by atoms with E-state index < -0.39 is 6.10 Å². The van der Waals surface area contributed by atoms with Crippen LogP contribution in [0.2, 0.25) is 0 Å². The highest BCUT2D eigenvalue weighted by Crippen LogP contribution is 2.27. The molecule has 2 aromatic rings. The van der Waals surface area contributed by atoms with Gasteiger partial charge in [0.25, 0.3) is 5.91 Å². The van der Waals surface area contributed by atoms with Crippen LogP contribution in [0.25, 0.3) is 0 Å². The number of ether oxygens (including phenoxy) is 1. The molecular formula is C14H14N2O3. The van der Waals surface area contributed by atoms with E-state index in [4.69, 9.17) is 9.26 Å². The molecular weight excluding hydrogens is 244 g/mol. The van der Waals surface area contributed by atoms with Crippen LogP contribution in [0.4, 0.5) is 5.82 Å². The quantitative estimate of drug-likeness (QED) is 0.897. The molecule has 1 aromatic carbocycles. The monoisotopic (exact) mass is 258 g/mol. The predicted molar refractivity (Wildman–Crippen MR) is 68.7 cm³/mol. The second kappa shape index (κ2) is 4.85. The molecule has 1 N–H and O–H groups in total. The molecule has 0 saturated heterocycles. The van der Waals surface area contributed by atoms with Crippen LogP contribution in [-0.2, 0) is 16.0 Å². The minimum atomic E-state index is -0.582. The summed E-state index contributed by atoms with van der Waals surface area (Å²) in [5.74, 6) is 0.842. The van der Waals surface area contributed by atoms with Gasteiger partial charge in [-0.25, -0.2) is 0 Å². The lowest BCUT2D eigenvalue weighted by molar-refractivity contribution is -0.128. The van der Waals surface area contributed by atoms with E-state index in [1.165, 1.54) is 0 Å². The molecule has 0 saturated carbocycles. The molecule has 98 valence electrons. The molecule has 5 nitrogen and oxygen atoms in total. The molecule has 1 atom stereocenters. The van der Waals surface area contributed by atoms with Gasteiger partial charge in [-0.15, -0.1) is 0 Å². The van der Waals surface area contributed by atoms with E-state index in [0.29, 0.717) is 18.2 Å². The maximum Gasteiger partial charge on any atom is 0.259 e. The number of aryl methyl sites for hydroxylation is 1. The Bertz CT molecular complexity index is 606. The Kier molecular flexibility index (Phi) is 3.05. The lowest BCUT2D eigenvalue weighted by Gasteiger charge is -2.24. The van der Waals surface area contributed by atoms with Crippen molar-refractivity contribution in [3.63, 3.8) is 0 Å². The number of fused-ring (bicyclic) bond motifs is 1. The minimum Gasteiger partial charge on any atom is -0.363 e. The van der Waals surface area contributed by atoms with Crippen LogP contribution in [0.5, 0.6) is 0 Å². The molecule has 0 radical (unpaired) electrons. The van der Waals surface area contributed by atoms with Gasteiger partial charge in [-0.1, -0.05) is 29.4 Å². The number of amides is 1. The van der Waals surface area contributed by atoms with Crippen molar-refractivity contribution >= 4 is 11.7 Å². The molecule has 19 heavy (non-hydrogen) atoms. The lowest BCUT2D eigenvalue weighted by Crippen LogP contribution is -2.28. The summed E-state index contributed by atoms with van der Waals surface area (Å²) in [6, 6.07) is 9.51. The van der Waals surface area contributed by atoms with E-state index in [1.54, 1.807) is 13.0 Å². The Morgan fingerprint density at radius 3 is 3.05 bits per heavy atom. The van der Waals surface area contributed by atoms with Crippen molar-refractivity contribution in [1.82, 2.24) is 5.16 Å². The highest BCUT2D eigenvalue weighted by atomic mass is 16.5. The third-order valence-corrected chi connectivity index (χ3v) is 3.11. The van der Waals surface area contributed by atoms with Crippen molar-refractivity contribution in [1.29, 1.82) is 0 Å². The van der Waals surface area contributed by atoms with Crippen LogP contribution in [0.3, 0.4) is 0 Å². The number of nitrogens with zero attached hydrogens (tertiary/aromatic N) is 1. The molecule has 0 spiro atoms. The zero-order valence-corrected chi connectivity index (χ0v) is 10.6. The van der Waals surface area contributed by atoms with Crippen LogP contribution >= 0.6 is 0 Å². The first-order valence-corrected chi connectivity index (χ1v) is 6.17. The Hall–Kier alpha value is -2.14. The number of nitrogens with one attached hydrogen (secondary N) is 1. The van der Waals surface area contributed by atoms with Crippen molar-refractivity contribution in [3.8, 4) is 0 Å². The van der Waals surface area contributed by atoms with Crippen molar-refractivity contribution in [2.24, 2.45) is 0 Å². The first kappa shape index (κ1) is 11.9. The molecule has 1 aliphatic rings. The van der Waals surface area contributed by atoms with Gasteiger partial charge in [-0.05, 0) is 24.5 Å². The summed E-state index contributed by atoms with van der Waals surface area (Å²) in [5.41, 5.74) is 2.08. The number of rotatable bonds is 2. The largest absolute Gasteiger partial charge is 0.363 e. The molecule has 1 unspecified atom stereocenters. The zero-order valence-electron chi connectivity index (χ0n) is 10.6. The molecule has 0 fully saturated rings. The van der Waals surface area contributed by atoms with Crippen LogP contribution in [0.1, 0.15) is 23.0 Å². The standard InChI is InChI=1S/C14H14N2O3/c1-9-8-12(16-19-9)15-14(17)13-11-5-3-2-4-10(11)6-7-18-13/h2-5,8,13H,6-7H2,1H3,(H,15,16,17). The summed E-state index contributed by atoms with van der Waals surface area (Å²) < 4.78 is 10.5. The maximum atomic E-state index is 12.2. The molecule has 5 heteroatoms. The summed E-state index contributed by atoms with van der Waals surface area (Å²) in [4.78, 5) is 12.2. The van der Waals surface area contributed by atoms with Crippen LogP contribution in [0, 0.1) is 6.92 Å². The van der Waals surface area contributed by atoms with Crippen molar-refractivity contribution < 1.29 is 14.1 Å². The van der Waals surface area contributed by atoms with Gasteiger partial charge in [0.15, 0.2) is 11.9 Å². The first-order chi connectivity index (χ1) is 9.24. The van der Waals surface area contributed by atoms with Gasteiger partial charge in [0.1, 0.15) is 5.76 Å². The molecule has 1 aliphatic heterocycles. The number of carbonyl (C=O) groups excluding carboxylic acids is 1. The van der Waals surface area contributed by atoms with E-state index in [2.05, 4.69) is 10.5 Å². The fourth-order valence-corrected chi connectivity index (χ4v) is 2.23. The Balaban J connectivity index is 1.81. The van der Waals surface area contributed by atoms with E-state index in [9.17, 15) is 4.79 Å². The van der Waals surface area contributed by atoms with Crippen molar-refractivity contribution in [3.05, 3.63) is 47.2 Å². The Labute approximate surface area is 110 Å². The first-order valence-electron chi connectivity index (χ1n) is 6.17. The van der Waals surface area contributed by atoms with Crippen molar-refractivity contribution in [2.45, 2.75) is 19.4 Å². The molecule has 1 aromatic heterocycles. The van der Waals surface area contributed by atoms with Gasteiger partial charge in [0.05, 0.1) is 6.61 Å². The predicted octanol–water partition coefficient (Wildman–Crippen LogP) is 2.24. The van der Waals surface area contributed by atoms with E-state index in [1.807, 2.05) is 24.3 Å². The Morgan fingerprint density at radius 1 is 1.42 bits per heavy atom. The summed E-state index contributed by atoms with van der Waals surface area (Å²) in [6.07, 6.45) is 0.255. The number of benzene rings is 1. The molecule has 2 heterocycles. The summed E-state index contributed by atoms with van der Waals surface area (Å²) >= 11 is 0. The SMILES string of the molecule is Cc1cc(NC(=O)C2OCCc3ccccc32)no1. The van der Waals surface area contributed by atoms with Gasteiger partial charge >= 0.3 is 0 Å². The van der Waals surface area contributed by atoms with Crippen LogP contribution in [0.15, 0.2) is 34.9 Å². The molecule has 1 amide bonds. The molecule has 0 bridgehead atoms. The van der Waals surface area contributed by atoms with Gasteiger partial charge < -0.3 is 14.6 Å². The fourth-order valence-electron chi connectivity index (χ4n) is 2.23. The number of hydrogen-bond donors (Lipinski definition) is 1. The van der Waals surface area contributed by atoms with Gasteiger partial charge in [0.2, 0.25) is 0 Å². The number of aromatic nitrogens is 1.